The number of rotatable bonds is 4. The number of pyridine rings is 1. The molecule has 0 spiro atoms. The van der Waals surface area contributed by atoms with Gasteiger partial charge in [0.05, 0.1) is 11.4 Å². The van der Waals surface area contributed by atoms with Gasteiger partial charge >= 0.3 is 6.03 Å². The van der Waals surface area contributed by atoms with Gasteiger partial charge in [0.1, 0.15) is 0 Å². The summed E-state index contributed by atoms with van der Waals surface area (Å²) in [6.45, 7) is 7.88. The van der Waals surface area contributed by atoms with Crippen LogP contribution in [0.1, 0.15) is 33.2 Å². The van der Waals surface area contributed by atoms with Crippen molar-refractivity contribution in [3.05, 3.63) is 58.9 Å². The molecule has 3 amide bonds. The van der Waals surface area contributed by atoms with Crippen molar-refractivity contribution in [1.29, 1.82) is 0 Å². The summed E-state index contributed by atoms with van der Waals surface area (Å²) in [6.07, 6.45) is 1.74. The van der Waals surface area contributed by atoms with Gasteiger partial charge in [-0.3, -0.25) is 4.79 Å². The minimum Gasteiger partial charge on any atom is -0.351 e. The molecule has 0 aliphatic carbocycles. The molecule has 0 saturated carbocycles. The van der Waals surface area contributed by atoms with Crippen molar-refractivity contribution >= 4 is 11.9 Å². The summed E-state index contributed by atoms with van der Waals surface area (Å²) in [7, 11) is 0. The molecule has 1 aliphatic heterocycles. The maximum absolute atomic E-state index is 12.5. The van der Waals surface area contributed by atoms with E-state index in [1.54, 1.807) is 33.7 Å². The number of urea groups is 1. The van der Waals surface area contributed by atoms with E-state index in [0.717, 1.165) is 22.8 Å². The molecular formula is C21H25N7O3. The summed E-state index contributed by atoms with van der Waals surface area (Å²) in [5.74, 6) is 0.768. The van der Waals surface area contributed by atoms with Gasteiger partial charge in [-0.05, 0) is 38.5 Å². The van der Waals surface area contributed by atoms with Crippen molar-refractivity contribution in [2.75, 3.05) is 26.2 Å². The van der Waals surface area contributed by atoms with Crippen LogP contribution in [0.3, 0.4) is 0 Å². The van der Waals surface area contributed by atoms with Crippen LogP contribution in [0.25, 0.3) is 5.82 Å². The molecule has 0 aromatic carbocycles. The molecule has 1 aliphatic rings. The number of aryl methyl sites for hydroxylation is 3. The number of nitrogens with zero attached hydrogens (tertiary/aromatic N) is 6. The molecule has 162 valence electrons. The van der Waals surface area contributed by atoms with Gasteiger partial charge in [-0.25, -0.2) is 14.5 Å². The quantitative estimate of drug-likeness (QED) is 0.686. The Kier molecular flexibility index (Phi) is 5.70. The normalized spacial score (nSPS) is 14.0. The summed E-state index contributed by atoms with van der Waals surface area (Å²) in [5.41, 5.74) is 3.52. The Morgan fingerprint density at radius 1 is 1.03 bits per heavy atom. The predicted molar refractivity (Wildman–Crippen MR) is 112 cm³/mol. The Hall–Kier alpha value is -3.69. The lowest BCUT2D eigenvalue weighted by Crippen LogP contribution is -2.53. The third-order valence-electron chi connectivity index (χ3n) is 5.17. The lowest BCUT2D eigenvalue weighted by Gasteiger charge is -2.34. The van der Waals surface area contributed by atoms with Crippen LogP contribution in [0.15, 0.2) is 35.0 Å². The van der Waals surface area contributed by atoms with Crippen LogP contribution in [0.5, 0.6) is 0 Å². The highest BCUT2D eigenvalue weighted by Crippen LogP contribution is 2.12. The molecule has 3 aromatic rings. The van der Waals surface area contributed by atoms with Gasteiger partial charge in [-0.1, -0.05) is 11.2 Å². The number of carbonyl (C=O) groups is 2. The summed E-state index contributed by atoms with van der Waals surface area (Å²) < 4.78 is 6.83. The first kappa shape index (κ1) is 20.6. The monoisotopic (exact) mass is 423 g/mol. The molecule has 0 radical (unpaired) electrons. The van der Waals surface area contributed by atoms with Gasteiger partial charge in [-0.15, -0.1) is 0 Å². The Bertz CT molecular complexity index is 1080. The Balaban J connectivity index is 1.27. The maximum atomic E-state index is 12.5. The third-order valence-corrected chi connectivity index (χ3v) is 5.17. The number of amides is 3. The highest BCUT2D eigenvalue weighted by Gasteiger charge is 2.26. The minimum atomic E-state index is -0.200. The van der Waals surface area contributed by atoms with E-state index in [1.165, 1.54) is 0 Å². The van der Waals surface area contributed by atoms with Crippen molar-refractivity contribution in [3.63, 3.8) is 0 Å². The van der Waals surface area contributed by atoms with Crippen molar-refractivity contribution in [2.24, 2.45) is 0 Å². The fourth-order valence-corrected chi connectivity index (χ4v) is 3.53. The highest BCUT2D eigenvalue weighted by atomic mass is 16.5. The van der Waals surface area contributed by atoms with Crippen LogP contribution in [-0.2, 0) is 6.54 Å². The topological polar surface area (TPSA) is 109 Å². The second-order valence-corrected chi connectivity index (χ2v) is 7.63. The molecule has 0 unspecified atom stereocenters. The van der Waals surface area contributed by atoms with Crippen LogP contribution < -0.4 is 5.32 Å². The molecule has 1 saturated heterocycles. The Morgan fingerprint density at radius 2 is 1.77 bits per heavy atom. The zero-order valence-corrected chi connectivity index (χ0v) is 17.8. The van der Waals surface area contributed by atoms with Gasteiger partial charge in [0.15, 0.2) is 5.82 Å². The van der Waals surface area contributed by atoms with Crippen molar-refractivity contribution < 1.29 is 14.1 Å². The molecule has 1 N–H and O–H groups in total. The fraction of sp³-hybridized carbons (Fsp3) is 0.381. The number of hydrogen-bond acceptors (Lipinski definition) is 6. The van der Waals surface area contributed by atoms with Crippen LogP contribution in [-0.4, -0.2) is 67.8 Å². The Labute approximate surface area is 179 Å². The molecule has 4 heterocycles. The molecule has 4 rings (SSSR count). The molecular weight excluding hydrogens is 398 g/mol. The Morgan fingerprint density at radius 3 is 2.35 bits per heavy atom. The van der Waals surface area contributed by atoms with Crippen molar-refractivity contribution in [2.45, 2.75) is 27.3 Å². The van der Waals surface area contributed by atoms with Gasteiger partial charge in [0, 0.05) is 50.7 Å². The number of carbonyl (C=O) groups excluding carboxylic acids is 2. The lowest BCUT2D eigenvalue weighted by molar-refractivity contribution is 0.0624. The molecule has 3 aromatic heterocycles. The van der Waals surface area contributed by atoms with Crippen LogP contribution in [0.2, 0.25) is 0 Å². The van der Waals surface area contributed by atoms with Gasteiger partial charge in [-0.2, -0.15) is 5.10 Å². The van der Waals surface area contributed by atoms with Gasteiger partial charge < -0.3 is 19.6 Å². The zero-order chi connectivity index (χ0) is 22.0. The van der Waals surface area contributed by atoms with E-state index < -0.39 is 0 Å². The van der Waals surface area contributed by atoms with Crippen LogP contribution >= 0.6 is 0 Å². The van der Waals surface area contributed by atoms with Crippen LogP contribution in [0, 0.1) is 20.8 Å². The molecule has 1 fully saturated rings. The SMILES string of the molecule is Cc1cc(C(=O)N2CCN(C(=O)NCc3ccc(-n4nc(C)cc4C)nc3)CC2)on1. The summed E-state index contributed by atoms with van der Waals surface area (Å²) >= 11 is 0. The lowest BCUT2D eigenvalue weighted by atomic mass is 10.2. The van der Waals surface area contributed by atoms with Crippen molar-refractivity contribution in [1.82, 2.24) is 35.0 Å². The van der Waals surface area contributed by atoms with E-state index in [4.69, 9.17) is 4.52 Å². The largest absolute Gasteiger partial charge is 0.351 e. The molecule has 0 bridgehead atoms. The zero-order valence-electron chi connectivity index (χ0n) is 17.8. The van der Waals surface area contributed by atoms with E-state index in [2.05, 4.69) is 20.6 Å². The average Bonchev–Trinajstić information content (AvgIpc) is 3.36. The first-order chi connectivity index (χ1) is 14.9. The van der Waals surface area contributed by atoms with E-state index in [9.17, 15) is 9.59 Å². The predicted octanol–water partition coefficient (Wildman–Crippen LogP) is 1.85. The van der Waals surface area contributed by atoms with Crippen LogP contribution in [0.4, 0.5) is 4.79 Å². The fourth-order valence-electron chi connectivity index (χ4n) is 3.53. The minimum absolute atomic E-state index is 0.162. The number of hydrogen-bond donors (Lipinski definition) is 1. The second kappa shape index (κ2) is 8.58. The number of piperazine rings is 1. The maximum Gasteiger partial charge on any atom is 0.317 e. The smallest absolute Gasteiger partial charge is 0.317 e. The number of nitrogens with one attached hydrogen (secondary N) is 1. The third kappa shape index (κ3) is 4.57. The summed E-state index contributed by atoms with van der Waals surface area (Å²) in [4.78, 5) is 32.7. The summed E-state index contributed by atoms with van der Waals surface area (Å²) in [6, 6.07) is 7.27. The first-order valence-electron chi connectivity index (χ1n) is 10.1. The molecule has 31 heavy (non-hydrogen) atoms. The van der Waals surface area contributed by atoms with Crippen molar-refractivity contribution in [3.8, 4) is 5.82 Å². The summed E-state index contributed by atoms with van der Waals surface area (Å²) in [5, 5.41) is 11.1. The van der Waals surface area contributed by atoms with Gasteiger partial charge in [0.2, 0.25) is 5.76 Å². The number of aromatic nitrogens is 4. The molecule has 0 atom stereocenters. The highest BCUT2D eigenvalue weighted by molar-refractivity contribution is 5.91. The van der Waals surface area contributed by atoms with E-state index in [1.807, 2.05) is 32.0 Å². The van der Waals surface area contributed by atoms with E-state index in [-0.39, 0.29) is 17.7 Å². The van der Waals surface area contributed by atoms with E-state index in [0.29, 0.717) is 38.4 Å². The average molecular weight is 423 g/mol. The van der Waals surface area contributed by atoms with E-state index >= 15 is 0 Å². The van der Waals surface area contributed by atoms with Gasteiger partial charge in [0.25, 0.3) is 5.91 Å². The molecule has 10 nitrogen and oxygen atoms in total. The second-order valence-electron chi connectivity index (χ2n) is 7.63. The molecule has 10 heteroatoms. The standard InChI is InChI=1S/C21H25N7O3/c1-14-10-16(3)28(24-14)19-5-4-17(12-22-19)13-23-21(30)27-8-6-26(7-9-27)20(29)18-11-15(2)25-31-18/h4-5,10-12H,6-9,13H2,1-3H3,(H,23,30). The first-order valence-corrected chi connectivity index (χ1v) is 10.1.